The molecule has 0 radical (unpaired) electrons. The minimum Gasteiger partial charge on any atom is -0.493 e. The molecule has 28 heavy (non-hydrogen) atoms. The summed E-state index contributed by atoms with van der Waals surface area (Å²) in [6.45, 7) is 5.92. The minimum atomic E-state index is -0.224. The third kappa shape index (κ3) is 5.25. The van der Waals surface area contributed by atoms with E-state index in [0.29, 0.717) is 11.5 Å². The number of carbonyl (C=O) groups is 2. The largest absolute Gasteiger partial charge is 0.493 e. The van der Waals surface area contributed by atoms with Gasteiger partial charge in [-0.1, -0.05) is 23.8 Å². The van der Waals surface area contributed by atoms with Crippen molar-refractivity contribution in [2.24, 2.45) is 0 Å². The number of methoxy groups -OCH3 is 2. The summed E-state index contributed by atoms with van der Waals surface area (Å²) in [5.41, 5.74) is 4.75. The maximum absolute atomic E-state index is 12.5. The van der Waals surface area contributed by atoms with Crippen LogP contribution in [0.2, 0.25) is 0 Å². The fraction of sp³-hybridized carbons (Fsp3) is 0.364. The molecular formula is C22H28N2O4. The van der Waals surface area contributed by atoms with Crippen LogP contribution >= 0.6 is 0 Å². The number of hydrogen-bond donors (Lipinski definition) is 1. The highest BCUT2D eigenvalue weighted by Crippen LogP contribution is 2.28. The molecule has 0 heterocycles. The zero-order valence-electron chi connectivity index (χ0n) is 17.4. The first kappa shape index (κ1) is 21.3. The van der Waals surface area contributed by atoms with Gasteiger partial charge in [-0.3, -0.25) is 9.59 Å². The molecule has 2 rings (SSSR count). The number of nitrogens with zero attached hydrogens (tertiary/aromatic N) is 1. The van der Waals surface area contributed by atoms with Crippen molar-refractivity contribution in [3.05, 3.63) is 52.6 Å². The molecule has 150 valence electrons. The molecular weight excluding hydrogens is 356 g/mol. The SMILES string of the molecule is COc1ccc(CC(=O)N(C)CC(=O)Nc2c(C)cc(C)cc2C)cc1OC. The number of carbonyl (C=O) groups excluding carboxylic acids is 2. The first-order valence-corrected chi connectivity index (χ1v) is 9.07. The first-order chi connectivity index (χ1) is 13.2. The van der Waals surface area contributed by atoms with Crippen LogP contribution in [0.15, 0.2) is 30.3 Å². The Bertz CT molecular complexity index is 854. The zero-order chi connectivity index (χ0) is 20.8. The molecule has 2 aromatic rings. The Morgan fingerprint density at radius 1 is 0.964 bits per heavy atom. The number of nitrogens with one attached hydrogen (secondary N) is 1. The molecule has 0 atom stereocenters. The maximum atomic E-state index is 12.5. The second-order valence-corrected chi connectivity index (χ2v) is 6.94. The highest BCUT2D eigenvalue weighted by atomic mass is 16.5. The fourth-order valence-corrected chi connectivity index (χ4v) is 3.16. The molecule has 1 N–H and O–H groups in total. The van der Waals surface area contributed by atoms with Crippen LogP contribution in [0, 0.1) is 20.8 Å². The van der Waals surface area contributed by atoms with E-state index < -0.39 is 0 Å². The van der Waals surface area contributed by atoms with Crippen LogP contribution in [0.5, 0.6) is 11.5 Å². The lowest BCUT2D eigenvalue weighted by atomic mass is 10.1. The Hall–Kier alpha value is -3.02. The van der Waals surface area contributed by atoms with E-state index in [9.17, 15) is 9.59 Å². The molecule has 0 unspecified atom stereocenters. The minimum absolute atomic E-state index is 0.0150. The second-order valence-electron chi connectivity index (χ2n) is 6.94. The topological polar surface area (TPSA) is 67.9 Å². The molecule has 0 saturated carbocycles. The summed E-state index contributed by atoms with van der Waals surface area (Å²) >= 11 is 0. The Balaban J connectivity index is 1.99. The van der Waals surface area contributed by atoms with Gasteiger partial charge in [-0.15, -0.1) is 0 Å². The predicted molar refractivity (Wildman–Crippen MR) is 110 cm³/mol. The predicted octanol–water partition coefficient (Wildman–Crippen LogP) is 3.27. The average Bonchev–Trinajstić information content (AvgIpc) is 2.64. The van der Waals surface area contributed by atoms with Gasteiger partial charge in [-0.25, -0.2) is 0 Å². The molecule has 0 bridgehead atoms. The molecule has 2 amide bonds. The third-order valence-corrected chi connectivity index (χ3v) is 4.55. The van der Waals surface area contributed by atoms with E-state index in [4.69, 9.17) is 9.47 Å². The van der Waals surface area contributed by atoms with Crippen LogP contribution in [0.1, 0.15) is 22.3 Å². The molecule has 0 fully saturated rings. The van der Waals surface area contributed by atoms with Gasteiger partial charge in [0.25, 0.3) is 0 Å². The van der Waals surface area contributed by atoms with E-state index in [1.165, 1.54) is 4.90 Å². The lowest BCUT2D eigenvalue weighted by molar-refractivity contribution is -0.132. The quantitative estimate of drug-likeness (QED) is 0.796. The highest BCUT2D eigenvalue weighted by molar-refractivity contribution is 5.96. The van der Waals surface area contributed by atoms with Crippen LogP contribution in [0.3, 0.4) is 0 Å². The Morgan fingerprint density at radius 2 is 1.57 bits per heavy atom. The lowest BCUT2D eigenvalue weighted by Crippen LogP contribution is -2.36. The summed E-state index contributed by atoms with van der Waals surface area (Å²) in [4.78, 5) is 26.3. The van der Waals surface area contributed by atoms with Crippen molar-refractivity contribution in [2.45, 2.75) is 27.2 Å². The van der Waals surface area contributed by atoms with Crippen LogP contribution < -0.4 is 14.8 Å². The van der Waals surface area contributed by atoms with Gasteiger partial charge in [0.1, 0.15) is 0 Å². The zero-order valence-corrected chi connectivity index (χ0v) is 17.4. The van der Waals surface area contributed by atoms with Crippen molar-refractivity contribution in [1.82, 2.24) is 4.90 Å². The van der Waals surface area contributed by atoms with Crippen LogP contribution in [-0.2, 0) is 16.0 Å². The molecule has 6 heteroatoms. The third-order valence-electron chi connectivity index (χ3n) is 4.55. The molecule has 0 aliphatic carbocycles. The fourth-order valence-electron chi connectivity index (χ4n) is 3.16. The van der Waals surface area contributed by atoms with Gasteiger partial charge < -0.3 is 19.7 Å². The summed E-state index contributed by atoms with van der Waals surface area (Å²) in [5, 5.41) is 2.92. The van der Waals surface area contributed by atoms with Gasteiger partial charge >= 0.3 is 0 Å². The monoisotopic (exact) mass is 384 g/mol. The molecule has 0 aliphatic rings. The van der Waals surface area contributed by atoms with Crippen LogP contribution in [0.4, 0.5) is 5.69 Å². The van der Waals surface area contributed by atoms with Crippen molar-refractivity contribution in [1.29, 1.82) is 0 Å². The Labute approximate surface area is 166 Å². The van der Waals surface area contributed by atoms with E-state index in [1.54, 1.807) is 33.4 Å². The van der Waals surface area contributed by atoms with E-state index in [1.807, 2.05) is 39.0 Å². The lowest BCUT2D eigenvalue weighted by Gasteiger charge is -2.19. The highest BCUT2D eigenvalue weighted by Gasteiger charge is 2.16. The van der Waals surface area contributed by atoms with Crippen LogP contribution in [-0.4, -0.2) is 44.5 Å². The summed E-state index contributed by atoms with van der Waals surface area (Å²) in [5.74, 6) is 0.798. The number of benzene rings is 2. The van der Waals surface area contributed by atoms with Gasteiger partial charge in [-0.2, -0.15) is 0 Å². The summed E-state index contributed by atoms with van der Waals surface area (Å²) < 4.78 is 10.5. The average molecular weight is 384 g/mol. The number of anilines is 1. The molecule has 0 aromatic heterocycles. The van der Waals surface area contributed by atoms with Crippen LogP contribution in [0.25, 0.3) is 0 Å². The van der Waals surface area contributed by atoms with Gasteiger partial charge in [0.05, 0.1) is 27.2 Å². The number of likely N-dealkylation sites (N-methyl/N-ethyl adjacent to an activating group) is 1. The first-order valence-electron chi connectivity index (χ1n) is 9.07. The summed E-state index contributed by atoms with van der Waals surface area (Å²) in [6, 6.07) is 9.38. The normalized spacial score (nSPS) is 10.4. The van der Waals surface area contributed by atoms with Crippen molar-refractivity contribution in [3.63, 3.8) is 0 Å². The van der Waals surface area contributed by atoms with E-state index in [0.717, 1.165) is 27.9 Å². The standard InChI is InChI=1S/C22H28N2O4/c1-14-9-15(2)22(16(3)10-14)23-20(25)13-24(4)21(26)12-17-7-8-18(27-5)19(11-17)28-6/h7-11H,12-13H2,1-6H3,(H,23,25). The summed E-state index contributed by atoms with van der Waals surface area (Å²) in [6.07, 6.45) is 0.173. The Kier molecular flexibility index (Phi) is 7.04. The van der Waals surface area contributed by atoms with E-state index in [2.05, 4.69) is 5.32 Å². The number of rotatable bonds is 7. The molecule has 0 aliphatic heterocycles. The molecule has 6 nitrogen and oxygen atoms in total. The van der Waals surface area contributed by atoms with E-state index >= 15 is 0 Å². The molecule has 0 spiro atoms. The van der Waals surface area contributed by atoms with Crippen molar-refractivity contribution < 1.29 is 19.1 Å². The summed E-state index contributed by atoms with van der Waals surface area (Å²) in [7, 11) is 4.74. The number of aryl methyl sites for hydroxylation is 3. The Morgan fingerprint density at radius 3 is 2.14 bits per heavy atom. The molecule has 2 aromatic carbocycles. The van der Waals surface area contributed by atoms with Gasteiger partial charge in [0.2, 0.25) is 11.8 Å². The van der Waals surface area contributed by atoms with Gasteiger partial charge in [-0.05, 0) is 49.6 Å². The number of amides is 2. The van der Waals surface area contributed by atoms with Gasteiger partial charge in [0.15, 0.2) is 11.5 Å². The van der Waals surface area contributed by atoms with Crippen molar-refractivity contribution in [3.8, 4) is 11.5 Å². The number of hydrogen-bond acceptors (Lipinski definition) is 4. The van der Waals surface area contributed by atoms with Crippen molar-refractivity contribution in [2.75, 3.05) is 33.1 Å². The van der Waals surface area contributed by atoms with Crippen molar-refractivity contribution >= 4 is 17.5 Å². The van der Waals surface area contributed by atoms with E-state index in [-0.39, 0.29) is 24.8 Å². The molecule has 0 saturated heterocycles. The smallest absolute Gasteiger partial charge is 0.243 e. The maximum Gasteiger partial charge on any atom is 0.243 e. The second kappa shape index (κ2) is 9.26. The van der Waals surface area contributed by atoms with Gasteiger partial charge in [0, 0.05) is 12.7 Å². The number of ether oxygens (including phenoxy) is 2.